The third-order valence-electron chi connectivity index (χ3n) is 3.58. The van der Waals surface area contributed by atoms with Crippen LogP contribution in [0.25, 0.3) is 0 Å². The number of nitrogens with zero attached hydrogens (tertiary/aromatic N) is 1. The number of hydrogen-bond acceptors (Lipinski definition) is 4. The van der Waals surface area contributed by atoms with Gasteiger partial charge < -0.3 is 19.7 Å². The van der Waals surface area contributed by atoms with Crippen molar-refractivity contribution in [2.45, 2.75) is 31.6 Å². The van der Waals surface area contributed by atoms with E-state index in [2.05, 4.69) is 5.32 Å². The fraction of sp³-hybridized carbons (Fsp3) is 0.467. The molecule has 1 unspecified atom stereocenters. The van der Waals surface area contributed by atoms with Gasteiger partial charge in [-0.3, -0.25) is 0 Å². The van der Waals surface area contributed by atoms with Crippen molar-refractivity contribution in [1.82, 2.24) is 10.2 Å². The lowest BCUT2D eigenvalue weighted by atomic mass is 10.2. The standard InChI is InChI=1S/C15H18N2O4/c18-14(20-10-11-4-2-1-3-5-11)16-8-13-9-17(12-6-7-12)15(19)21-13/h1-5,12-13H,6-10H2,(H,16,18). The molecule has 1 aliphatic carbocycles. The largest absolute Gasteiger partial charge is 0.445 e. The monoisotopic (exact) mass is 290 g/mol. The molecule has 0 radical (unpaired) electrons. The van der Waals surface area contributed by atoms with Crippen LogP contribution in [0.15, 0.2) is 30.3 Å². The quantitative estimate of drug-likeness (QED) is 0.899. The molecular formula is C15H18N2O4. The first-order chi connectivity index (χ1) is 10.2. The van der Waals surface area contributed by atoms with Gasteiger partial charge in [0.15, 0.2) is 0 Å². The van der Waals surface area contributed by atoms with Gasteiger partial charge in [-0.1, -0.05) is 30.3 Å². The molecule has 112 valence electrons. The highest BCUT2D eigenvalue weighted by Crippen LogP contribution is 2.30. The normalized spacial score (nSPS) is 21.0. The van der Waals surface area contributed by atoms with Gasteiger partial charge in [-0.25, -0.2) is 9.59 Å². The predicted molar refractivity (Wildman–Crippen MR) is 74.6 cm³/mol. The number of ether oxygens (including phenoxy) is 2. The van der Waals surface area contributed by atoms with Crippen molar-refractivity contribution in [3.8, 4) is 0 Å². The first-order valence-corrected chi connectivity index (χ1v) is 7.14. The van der Waals surface area contributed by atoms with Gasteiger partial charge in [0, 0.05) is 6.04 Å². The summed E-state index contributed by atoms with van der Waals surface area (Å²) < 4.78 is 10.3. The van der Waals surface area contributed by atoms with Crippen molar-refractivity contribution >= 4 is 12.2 Å². The van der Waals surface area contributed by atoms with Crippen LogP contribution in [0.3, 0.4) is 0 Å². The maximum Gasteiger partial charge on any atom is 0.410 e. The third kappa shape index (κ3) is 3.65. The molecule has 1 saturated carbocycles. The smallest absolute Gasteiger partial charge is 0.410 e. The highest BCUT2D eigenvalue weighted by atomic mass is 16.6. The summed E-state index contributed by atoms with van der Waals surface area (Å²) in [5, 5.41) is 2.63. The van der Waals surface area contributed by atoms with Gasteiger partial charge in [0.1, 0.15) is 12.7 Å². The molecule has 1 saturated heterocycles. The Morgan fingerprint density at radius 3 is 2.81 bits per heavy atom. The Labute approximate surface area is 123 Å². The number of rotatable bonds is 5. The molecule has 1 N–H and O–H groups in total. The van der Waals surface area contributed by atoms with Gasteiger partial charge in [-0.05, 0) is 18.4 Å². The van der Waals surface area contributed by atoms with Gasteiger partial charge in [-0.15, -0.1) is 0 Å². The van der Waals surface area contributed by atoms with E-state index in [1.165, 1.54) is 0 Å². The lowest BCUT2D eigenvalue weighted by molar-refractivity contribution is 0.118. The van der Waals surface area contributed by atoms with Crippen LogP contribution in [0.2, 0.25) is 0 Å². The predicted octanol–water partition coefficient (Wildman–Crippen LogP) is 1.90. The average molecular weight is 290 g/mol. The molecule has 6 heteroatoms. The van der Waals surface area contributed by atoms with Gasteiger partial charge in [0.2, 0.25) is 0 Å². The van der Waals surface area contributed by atoms with Gasteiger partial charge >= 0.3 is 12.2 Å². The van der Waals surface area contributed by atoms with E-state index in [1.807, 2.05) is 30.3 Å². The van der Waals surface area contributed by atoms with E-state index in [0.717, 1.165) is 18.4 Å². The molecule has 1 aromatic carbocycles. The molecule has 1 aromatic rings. The first-order valence-electron chi connectivity index (χ1n) is 7.14. The lowest BCUT2D eigenvalue weighted by Gasteiger charge is -2.11. The average Bonchev–Trinajstić information content (AvgIpc) is 3.27. The zero-order valence-electron chi connectivity index (χ0n) is 11.7. The van der Waals surface area contributed by atoms with Crippen molar-refractivity contribution in [1.29, 1.82) is 0 Å². The zero-order chi connectivity index (χ0) is 14.7. The van der Waals surface area contributed by atoms with Crippen LogP contribution in [-0.4, -0.2) is 42.3 Å². The Bertz CT molecular complexity index is 516. The number of nitrogens with one attached hydrogen (secondary N) is 1. The molecule has 0 spiro atoms. The van der Waals surface area contributed by atoms with Crippen LogP contribution in [-0.2, 0) is 16.1 Å². The Morgan fingerprint density at radius 1 is 1.33 bits per heavy atom. The molecule has 0 aromatic heterocycles. The van der Waals surface area contributed by atoms with E-state index in [4.69, 9.17) is 9.47 Å². The zero-order valence-corrected chi connectivity index (χ0v) is 11.7. The number of alkyl carbamates (subject to hydrolysis) is 1. The van der Waals surface area contributed by atoms with Gasteiger partial charge in [0.25, 0.3) is 0 Å². The molecule has 2 aliphatic rings. The highest BCUT2D eigenvalue weighted by Gasteiger charge is 2.40. The molecule has 0 bridgehead atoms. The fourth-order valence-corrected chi connectivity index (χ4v) is 2.30. The van der Waals surface area contributed by atoms with Crippen molar-refractivity contribution in [3.05, 3.63) is 35.9 Å². The number of hydrogen-bond donors (Lipinski definition) is 1. The number of amides is 2. The molecule has 1 aliphatic heterocycles. The summed E-state index contributed by atoms with van der Waals surface area (Å²) in [6.07, 6.45) is 1.03. The summed E-state index contributed by atoms with van der Waals surface area (Å²) in [5.74, 6) is 0. The number of cyclic esters (lactones) is 1. The van der Waals surface area contributed by atoms with Gasteiger partial charge in [-0.2, -0.15) is 0 Å². The fourth-order valence-electron chi connectivity index (χ4n) is 2.30. The number of carbonyl (C=O) groups excluding carboxylic acids is 2. The second-order valence-electron chi connectivity index (χ2n) is 5.33. The van der Waals surface area contributed by atoms with Crippen molar-refractivity contribution in [2.24, 2.45) is 0 Å². The van der Waals surface area contributed by atoms with E-state index in [0.29, 0.717) is 12.6 Å². The third-order valence-corrected chi connectivity index (χ3v) is 3.58. The maximum atomic E-state index is 11.6. The summed E-state index contributed by atoms with van der Waals surface area (Å²) >= 11 is 0. The minimum absolute atomic E-state index is 0.228. The Morgan fingerprint density at radius 2 is 2.10 bits per heavy atom. The minimum Gasteiger partial charge on any atom is -0.445 e. The molecule has 1 heterocycles. The highest BCUT2D eigenvalue weighted by molar-refractivity contribution is 5.71. The van der Waals surface area contributed by atoms with Crippen LogP contribution < -0.4 is 5.32 Å². The van der Waals surface area contributed by atoms with E-state index in [1.54, 1.807) is 4.90 Å². The van der Waals surface area contributed by atoms with Crippen LogP contribution in [0, 0.1) is 0 Å². The topological polar surface area (TPSA) is 67.9 Å². The lowest BCUT2D eigenvalue weighted by Crippen LogP contribution is -2.35. The molecule has 2 fully saturated rings. The Balaban J connectivity index is 1.37. The molecular weight excluding hydrogens is 272 g/mol. The number of benzene rings is 1. The van der Waals surface area contributed by atoms with E-state index >= 15 is 0 Å². The Kier molecular flexibility index (Phi) is 3.94. The second-order valence-corrected chi connectivity index (χ2v) is 5.33. The summed E-state index contributed by atoms with van der Waals surface area (Å²) in [6.45, 7) is 1.05. The molecule has 2 amide bonds. The molecule has 21 heavy (non-hydrogen) atoms. The Hall–Kier alpha value is -2.24. The van der Waals surface area contributed by atoms with Crippen LogP contribution in [0.1, 0.15) is 18.4 Å². The molecule has 1 atom stereocenters. The van der Waals surface area contributed by atoms with E-state index < -0.39 is 6.09 Å². The molecule has 3 rings (SSSR count). The van der Waals surface area contributed by atoms with E-state index in [-0.39, 0.29) is 25.3 Å². The van der Waals surface area contributed by atoms with Crippen LogP contribution >= 0.6 is 0 Å². The maximum absolute atomic E-state index is 11.6. The van der Waals surface area contributed by atoms with Gasteiger partial charge in [0.05, 0.1) is 13.1 Å². The summed E-state index contributed by atoms with van der Waals surface area (Å²) in [7, 11) is 0. The summed E-state index contributed by atoms with van der Waals surface area (Å²) in [4.78, 5) is 24.9. The van der Waals surface area contributed by atoms with Crippen molar-refractivity contribution < 1.29 is 19.1 Å². The van der Waals surface area contributed by atoms with Crippen LogP contribution in [0.5, 0.6) is 0 Å². The van der Waals surface area contributed by atoms with Crippen molar-refractivity contribution in [3.63, 3.8) is 0 Å². The van der Waals surface area contributed by atoms with Crippen LogP contribution in [0.4, 0.5) is 9.59 Å². The molecule has 6 nitrogen and oxygen atoms in total. The summed E-state index contributed by atoms with van der Waals surface area (Å²) in [6, 6.07) is 9.80. The first kappa shape index (κ1) is 13.7. The van der Waals surface area contributed by atoms with E-state index in [9.17, 15) is 9.59 Å². The summed E-state index contributed by atoms with van der Waals surface area (Å²) in [5.41, 5.74) is 0.930. The second kappa shape index (κ2) is 6.03. The minimum atomic E-state index is -0.500. The van der Waals surface area contributed by atoms with Crippen molar-refractivity contribution in [2.75, 3.05) is 13.1 Å². The number of carbonyl (C=O) groups is 2. The SMILES string of the molecule is O=C(NCC1CN(C2CC2)C(=O)O1)OCc1ccccc1.